The summed E-state index contributed by atoms with van der Waals surface area (Å²) >= 11 is 7.30. The van der Waals surface area contributed by atoms with Crippen molar-refractivity contribution >= 4 is 40.2 Å². The zero-order valence-corrected chi connectivity index (χ0v) is 8.95. The minimum Gasteiger partial charge on any atom is -0.365 e. The van der Waals surface area contributed by atoms with E-state index in [0.29, 0.717) is 4.88 Å². The predicted octanol–water partition coefficient (Wildman–Crippen LogP) is 1.66. The van der Waals surface area contributed by atoms with Crippen LogP contribution in [-0.4, -0.2) is 12.2 Å². The molecule has 1 amide bonds. The molecule has 1 unspecified atom stereocenters. The Bertz CT molecular complexity index is 426. The van der Waals surface area contributed by atoms with Gasteiger partial charge >= 0.3 is 0 Å². The predicted molar refractivity (Wildman–Crippen MR) is 57.5 cm³/mol. The van der Waals surface area contributed by atoms with Crippen molar-refractivity contribution < 1.29 is 4.79 Å². The van der Waals surface area contributed by atoms with Crippen LogP contribution in [0.5, 0.6) is 0 Å². The van der Waals surface area contributed by atoms with Crippen LogP contribution in [0.15, 0.2) is 4.99 Å². The SMILES string of the molecule is Cc1c(C(N)=O)sc2c1C(Cl)NC=N2. The molecule has 1 atom stereocenters. The Labute approximate surface area is 89.8 Å². The number of hydrogen-bond acceptors (Lipinski definition) is 4. The number of alkyl halides is 1. The summed E-state index contributed by atoms with van der Waals surface area (Å²) < 4.78 is 0. The number of carbonyl (C=O) groups is 1. The van der Waals surface area contributed by atoms with Crippen LogP contribution >= 0.6 is 22.9 Å². The summed E-state index contributed by atoms with van der Waals surface area (Å²) in [5.41, 5.74) is 6.58. The quantitative estimate of drug-likeness (QED) is 0.568. The highest BCUT2D eigenvalue weighted by atomic mass is 35.5. The van der Waals surface area contributed by atoms with E-state index in [0.717, 1.165) is 16.1 Å². The number of rotatable bonds is 1. The summed E-state index contributed by atoms with van der Waals surface area (Å²) in [6, 6.07) is 0. The topological polar surface area (TPSA) is 67.5 Å². The van der Waals surface area contributed by atoms with Crippen molar-refractivity contribution in [3.8, 4) is 0 Å². The molecule has 1 aromatic rings. The summed E-state index contributed by atoms with van der Waals surface area (Å²) in [5.74, 6) is -0.430. The molecule has 0 saturated heterocycles. The van der Waals surface area contributed by atoms with Gasteiger partial charge in [0, 0.05) is 5.56 Å². The van der Waals surface area contributed by atoms with Crippen LogP contribution in [0.3, 0.4) is 0 Å². The van der Waals surface area contributed by atoms with Crippen LogP contribution in [-0.2, 0) is 0 Å². The zero-order chi connectivity index (χ0) is 10.3. The third-order valence-electron chi connectivity index (χ3n) is 2.05. The van der Waals surface area contributed by atoms with Crippen molar-refractivity contribution in [2.24, 2.45) is 10.7 Å². The molecule has 0 fully saturated rings. The maximum absolute atomic E-state index is 11.1. The van der Waals surface area contributed by atoms with Gasteiger partial charge in [0.1, 0.15) is 10.5 Å². The molecule has 6 heteroatoms. The van der Waals surface area contributed by atoms with Crippen molar-refractivity contribution in [2.75, 3.05) is 0 Å². The first-order chi connectivity index (χ1) is 6.61. The summed E-state index contributed by atoms with van der Waals surface area (Å²) in [6.45, 7) is 1.83. The van der Waals surface area contributed by atoms with E-state index in [1.165, 1.54) is 17.7 Å². The van der Waals surface area contributed by atoms with E-state index in [1.807, 2.05) is 6.92 Å². The van der Waals surface area contributed by atoms with Crippen LogP contribution in [0.1, 0.15) is 26.3 Å². The average molecular weight is 230 g/mol. The van der Waals surface area contributed by atoms with Gasteiger partial charge in [-0.25, -0.2) is 4.99 Å². The number of nitrogens with one attached hydrogen (secondary N) is 1. The molecular formula is C8H8ClN3OS. The maximum atomic E-state index is 11.1. The number of thiophene rings is 1. The second kappa shape index (κ2) is 3.25. The number of halogens is 1. The first-order valence-corrected chi connectivity index (χ1v) is 5.22. The molecule has 3 N–H and O–H groups in total. The van der Waals surface area contributed by atoms with Gasteiger partial charge in [-0.2, -0.15) is 0 Å². The molecule has 1 aromatic heterocycles. The average Bonchev–Trinajstić information content (AvgIpc) is 2.45. The minimum absolute atomic E-state index is 0.327. The number of nitrogens with zero attached hydrogens (tertiary/aromatic N) is 1. The van der Waals surface area contributed by atoms with Gasteiger partial charge in [0.15, 0.2) is 0 Å². The Morgan fingerprint density at radius 1 is 1.79 bits per heavy atom. The molecule has 4 nitrogen and oxygen atoms in total. The van der Waals surface area contributed by atoms with E-state index in [9.17, 15) is 4.79 Å². The Hall–Kier alpha value is -1.07. The third kappa shape index (κ3) is 1.29. The highest BCUT2D eigenvalue weighted by Gasteiger charge is 2.24. The van der Waals surface area contributed by atoms with Gasteiger partial charge in [-0.1, -0.05) is 11.6 Å². The Balaban J connectivity index is 2.61. The summed E-state index contributed by atoms with van der Waals surface area (Å²) in [5, 5.41) is 3.62. The fourth-order valence-corrected chi connectivity index (χ4v) is 2.82. The lowest BCUT2D eigenvalue weighted by Crippen LogP contribution is -2.18. The molecule has 14 heavy (non-hydrogen) atoms. The van der Waals surface area contributed by atoms with E-state index < -0.39 is 5.91 Å². The van der Waals surface area contributed by atoms with Gasteiger partial charge in [-0.05, 0) is 12.5 Å². The summed E-state index contributed by atoms with van der Waals surface area (Å²) in [4.78, 5) is 15.7. The van der Waals surface area contributed by atoms with Crippen LogP contribution in [0.2, 0.25) is 0 Å². The fraction of sp³-hybridized carbons (Fsp3) is 0.250. The minimum atomic E-state index is -0.430. The van der Waals surface area contributed by atoms with Gasteiger partial charge in [-0.15, -0.1) is 11.3 Å². The highest BCUT2D eigenvalue weighted by molar-refractivity contribution is 7.18. The van der Waals surface area contributed by atoms with Crippen molar-refractivity contribution in [2.45, 2.75) is 12.4 Å². The van der Waals surface area contributed by atoms with Crippen LogP contribution in [0, 0.1) is 6.92 Å². The lowest BCUT2D eigenvalue weighted by atomic mass is 10.1. The largest absolute Gasteiger partial charge is 0.365 e. The number of hydrogen-bond donors (Lipinski definition) is 2. The first-order valence-electron chi connectivity index (χ1n) is 3.97. The number of primary amides is 1. The van der Waals surface area contributed by atoms with Crippen molar-refractivity contribution in [3.63, 3.8) is 0 Å². The summed E-state index contributed by atoms with van der Waals surface area (Å²) in [7, 11) is 0. The number of aliphatic imine (C=N–C) groups is 1. The lowest BCUT2D eigenvalue weighted by molar-refractivity contribution is 0.100. The molecule has 0 bridgehead atoms. The van der Waals surface area contributed by atoms with Gasteiger partial charge in [0.05, 0.1) is 11.2 Å². The first kappa shape index (κ1) is 9.48. The molecule has 0 spiro atoms. The van der Waals surface area contributed by atoms with Crippen LogP contribution < -0.4 is 11.1 Å². The highest BCUT2D eigenvalue weighted by Crippen LogP contribution is 2.41. The van der Waals surface area contributed by atoms with E-state index in [1.54, 1.807) is 0 Å². The van der Waals surface area contributed by atoms with E-state index in [-0.39, 0.29) is 5.50 Å². The molecular weight excluding hydrogens is 222 g/mol. The van der Waals surface area contributed by atoms with Crippen LogP contribution in [0.4, 0.5) is 5.00 Å². The number of amides is 1. The number of fused-ring (bicyclic) bond motifs is 1. The Morgan fingerprint density at radius 3 is 3.07 bits per heavy atom. The second-order valence-electron chi connectivity index (χ2n) is 2.93. The molecule has 2 rings (SSSR count). The summed E-state index contributed by atoms with van der Waals surface area (Å²) in [6.07, 6.45) is 1.53. The normalized spacial score (nSPS) is 18.9. The maximum Gasteiger partial charge on any atom is 0.259 e. The number of nitrogens with two attached hydrogens (primary N) is 1. The standard InChI is InChI=1S/C8H8ClN3OS/c1-3-4-6(9)11-2-12-8(4)14-5(3)7(10)13/h2,6H,1H3,(H2,10,13)(H,11,12). The second-order valence-corrected chi connectivity index (χ2v) is 4.36. The molecule has 1 aliphatic rings. The lowest BCUT2D eigenvalue weighted by Gasteiger charge is -2.14. The van der Waals surface area contributed by atoms with Gasteiger partial charge in [0.25, 0.3) is 5.91 Å². The van der Waals surface area contributed by atoms with E-state index in [2.05, 4.69) is 10.3 Å². The van der Waals surface area contributed by atoms with Crippen molar-refractivity contribution in [3.05, 3.63) is 16.0 Å². The van der Waals surface area contributed by atoms with Crippen molar-refractivity contribution in [1.82, 2.24) is 5.32 Å². The van der Waals surface area contributed by atoms with Crippen LogP contribution in [0.25, 0.3) is 0 Å². The van der Waals surface area contributed by atoms with E-state index >= 15 is 0 Å². The van der Waals surface area contributed by atoms with Gasteiger partial charge in [-0.3, -0.25) is 4.79 Å². The number of carbonyl (C=O) groups excluding carboxylic acids is 1. The molecule has 0 aliphatic carbocycles. The molecule has 0 aromatic carbocycles. The zero-order valence-electron chi connectivity index (χ0n) is 7.37. The van der Waals surface area contributed by atoms with Gasteiger partial charge < -0.3 is 11.1 Å². The molecule has 2 heterocycles. The molecule has 0 radical (unpaired) electrons. The monoisotopic (exact) mass is 229 g/mol. The Kier molecular flexibility index (Phi) is 2.20. The third-order valence-corrected chi connectivity index (χ3v) is 3.63. The van der Waals surface area contributed by atoms with Crippen molar-refractivity contribution in [1.29, 1.82) is 0 Å². The molecule has 74 valence electrons. The molecule has 1 aliphatic heterocycles. The fourth-order valence-electron chi connectivity index (χ4n) is 1.39. The van der Waals surface area contributed by atoms with Gasteiger partial charge in [0.2, 0.25) is 0 Å². The Morgan fingerprint density at radius 2 is 2.50 bits per heavy atom. The smallest absolute Gasteiger partial charge is 0.259 e. The molecule has 0 saturated carbocycles. The van der Waals surface area contributed by atoms with E-state index in [4.69, 9.17) is 17.3 Å².